The second-order valence-corrected chi connectivity index (χ2v) is 6.82. The maximum atomic E-state index is 13.0. The third-order valence-electron chi connectivity index (χ3n) is 3.98. The molecular weight excluding hydrogens is 399 g/mol. The number of nitrogens with zero attached hydrogens (tertiary/aromatic N) is 3. The maximum Gasteiger partial charge on any atom is 0.281 e. The highest BCUT2D eigenvalue weighted by Gasteiger charge is 2.20. The van der Waals surface area contributed by atoms with Gasteiger partial charge in [0.15, 0.2) is 5.76 Å². The zero-order valence-electron chi connectivity index (χ0n) is 14.5. The van der Waals surface area contributed by atoms with Gasteiger partial charge in [0.1, 0.15) is 0 Å². The number of benzene rings is 2. The number of carbonyl (C=O) groups excluding carboxylic acids is 1. The molecule has 0 spiro atoms. The predicted octanol–water partition coefficient (Wildman–Crippen LogP) is 5.15. The topological polar surface area (TPSA) is 73.0 Å². The lowest BCUT2D eigenvalue weighted by atomic mass is 10.2. The summed E-state index contributed by atoms with van der Waals surface area (Å²) < 4.78 is 6.56. The molecule has 0 aliphatic carbocycles. The van der Waals surface area contributed by atoms with E-state index in [9.17, 15) is 4.79 Å². The molecule has 2 aromatic carbocycles. The van der Waals surface area contributed by atoms with E-state index in [4.69, 9.17) is 27.6 Å². The molecule has 0 saturated carbocycles. The zero-order valence-corrected chi connectivity index (χ0v) is 16.0. The first kappa shape index (κ1) is 18.3. The van der Waals surface area contributed by atoms with Gasteiger partial charge in [-0.3, -0.25) is 4.79 Å². The maximum absolute atomic E-state index is 13.0. The van der Waals surface area contributed by atoms with Gasteiger partial charge in [-0.15, -0.1) is 5.10 Å². The summed E-state index contributed by atoms with van der Waals surface area (Å²) >= 11 is 11.9. The van der Waals surface area contributed by atoms with Gasteiger partial charge in [0.05, 0.1) is 6.26 Å². The minimum Gasteiger partial charge on any atom is -0.461 e. The summed E-state index contributed by atoms with van der Waals surface area (Å²) in [5.74, 6) is 0.712. The van der Waals surface area contributed by atoms with E-state index in [1.807, 2.05) is 12.1 Å². The first-order chi connectivity index (χ1) is 13.6. The largest absolute Gasteiger partial charge is 0.461 e. The van der Waals surface area contributed by atoms with Crippen LogP contribution in [0.3, 0.4) is 0 Å². The highest BCUT2D eigenvalue weighted by Crippen LogP contribution is 2.21. The summed E-state index contributed by atoms with van der Waals surface area (Å²) in [7, 11) is 0. The van der Waals surface area contributed by atoms with Crippen LogP contribution in [0.4, 0.5) is 5.95 Å². The van der Waals surface area contributed by atoms with E-state index < -0.39 is 0 Å². The number of nitrogens with one attached hydrogen (secondary N) is 1. The van der Waals surface area contributed by atoms with Gasteiger partial charge in [0, 0.05) is 22.2 Å². The van der Waals surface area contributed by atoms with E-state index in [1.165, 1.54) is 10.9 Å². The van der Waals surface area contributed by atoms with E-state index in [1.54, 1.807) is 48.5 Å². The Hall–Kier alpha value is -3.09. The van der Waals surface area contributed by atoms with Crippen LogP contribution >= 0.6 is 23.2 Å². The summed E-state index contributed by atoms with van der Waals surface area (Å²) in [6, 6.07) is 17.5. The van der Waals surface area contributed by atoms with Crippen LogP contribution < -0.4 is 5.32 Å². The molecule has 0 unspecified atom stereocenters. The Labute approximate surface area is 170 Å². The third kappa shape index (κ3) is 3.93. The molecule has 0 radical (unpaired) electrons. The fraction of sp³-hybridized carbons (Fsp3) is 0.0500. The molecule has 28 heavy (non-hydrogen) atoms. The molecular formula is C20H14Cl2N4O2. The van der Waals surface area contributed by atoms with E-state index in [2.05, 4.69) is 15.4 Å². The zero-order chi connectivity index (χ0) is 19.5. The lowest BCUT2D eigenvalue weighted by molar-refractivity contribution is 0.0947. The molecule has 2 aromatic heterocycles. The standard InChI is InChI=1S/C20H14Cl2N4O2/c21-15-8-6-13(7-9-15)12-23-20-24-18(17-5-2-10-28-17)25-26(20)19(27)14-3-1-4-16(22)11-14/h1-11H,12H2,(H,23,24,25). The molecule has 0 fully saturated rings. The molecule has 140 valence electrons. The first-order valence-electron chi connectivity index (χ1n) is 8.40. The Morgan fingerprint density at radius 2 is 1.86 bits per heavy atom. The lowest BCUT2D eigenvalue weighted by Gasteiger charge is -2.07. The molecule has 0 aliphatic heterocycles. The fourth-order valence-corrected chi connectivity index (χ4v) is 2.92. The van der Waals surface area contributed by atoms with Crippen LogP contribution in [-0.2, 0) is 6.54 Å². The SMILES string of the molecule is O=C(c1cccc(Cl)c1)n1nc(-c2ccco2)nc1NCc1ccc(Cl)cc1. The highest BCUT2D eigenvalue weighted by molar-refractivity contribution is 6.31. The summed E-state index contributed by atoms with van der Waals surface area (Å²) in [5.41, 5.74) is 1.38. The number of hydrogen-bond acceptors (Lipinski definition) is 5. The quantitative estimate of drug-likeness (QED) is 0.490. The smallest absolute Gasteiger partial charge is 0.281 e. The van der Waals surface area contributed by atoms with Crippen molar-refractivity contribution in [3.05, 3.63) is 88.1 Å². The Morgan fingerprint density at radius 1 is 1.04 bits per heavy atom. The minimum atomic E-state index is -0.355. The number of anilines is 1. The van der Waals surface area contributed by atoms with Crippen LogP contribution in [0.5, 0.6) is 0 Å². The van der Waals surface area contributed by atoms with Crippen LogP contribution in [0.1, 0.15) is 15.9 Å². The van der Waals surface area contributed by atoms with Gasteiger partial charge in [-0.25, -0.2) is 0 Å². The van der Waals surface area contributed by atoms with Crippen molar-refractivity contribution < 1.29 is 9.21 Å². The van der Waals surface area contributed by atoms with Crippen LogP contribution in [0, 0.1) is 0 Å². The van der Waals surface area contributed by atoms with E-state index in [0.29, 0.717) is 39.7 Å². The van der Waals surface area contributed by atoms with E-state index in [0.717, 1.165) is 5.56 Å². The molecule has 0 amide bonds. The van der Waals surface area contributed by atoms with Crippen molar-refractivity contribution in [3.63, 3.8) is 0 Å². The van der Waals surface area contributed by atoms with E-state index >= 15 is 0 Å². The molecule has 6 nitrogen and oxygen atoms in total. The Morgan fingerprint density at radius 3 is 2.57 bits per heavy atom. The number of halogens is 2. The van der Waals surface area contributed by atoms with Crippen molar-refractivity contribution in [2.75, 3.05) is 5.32 Å². The van der Waals surface area contributed by atoms with Crippen LogP contribution in [0.15, 0.2) is 71.3 Å². The Kier molecular flexibility index (Phi) is 5.14. The van der Waals surface area contributed by atoms with Gasteiger partial charge in [-0.05, 0) is 48.0 Å². The normalized spacial score (nSPS) is 10.8. The van der Waals surface area contributed by atoms with Crippen molar-refractivity contribution in [2.45, 2.75) is 6.54 Å². The van der Waals surface area contributed by atoms with Crippen LogP contribution in [0.25, 0.3) is 11.6 Å². The highest BCUT2D eigenvalue weighted by atomic mass is 35.5. The van der Waals surface area contributed by atoms with Gasteiger partial charge < -0.3 is 9.73 Å². The summed E-state index contributed by atoms with van der Waals surface area (Å²) in [6.07, 6.45) is 1.52. The third-order valence-corrected chi connectivity index (χ3v) is 4.46. The number of hydrogen-bond donors (Lipinski definition) is 1. The lowest BCUT2D eigenvalue weighted by Crippen LogP contribution is -2.17. The minimum absolute atomic E-state index is 0.298. The number of furan rings is 1. The van der Waals surface area contributed by atoms with Crippen molar-refractivity contribution in [1.82, 2.24) is 14.8 Å². The van der Waals surface area contributed by atoms with Crippen molar-refractivity contribution in [1.29, 1.82) is 0 Å². The van der Waals surface area contributed by atoms with Crippen LogP contribution in [0.2, 0.25) is 10.0 Å². The second kappa shape index (κ2) is 7.88. The monoisotopic (exact) mass is 412 g/mol. The van der Waals surface area contributed by atoms with Crippen molar-refractivity contribution in [3.8, 4) is 11.6 Å². The fourth-order valence-electron chi connectivity index (χ4n) is 2.61. The summed E-state index contributed by atoms with van der Waals surface area (Å²) in [6.45, 7) is 0.441. The number of carbonyl (C=O) groups is 1. The van der Waals surface area contributed by atoms with Crippen molar-refractivity contribution >= 4 is 35.1 Å². The molecule has 8 heteroatoms. The Balaban J connectivity index is 1.67. The Bertz CT molecular complexity index is 1110. The average Bonchev–Trinajstić information content (AvgIpc) is 3.37. The molecule has 2 heterocycles. The second-order valence-electron chi connectivity index (χ2n) is 5.94. The van der Waals surface area contributed by atoms with Gasteiger partial charge in [0.25, 0.3) is 5.91 Å². The summed E-state index contributed by atoms with van der Waals surface area (Å²) in [4.78, 5) is 17.4. The summed E-state index contributed by atoms with van der Waals surface area (Å²) in [5, 5.41) is 8.59. The average molecular weight is 413 g/mol. The van der Waals surface area contributed by atoms with Gasteiger partial charge >= 0.3 is 0 Å². The molecule has 1 N–H and O–H groups in total. The molecule has 4 aromatic rings. The predicted molar refractivity (Wildman–Crippen MR) is 108 cm³/mol. The van der Waals surface area contributed by atoms with Crippen LogP contribution in [-0.4, -0.2) is 20.7 Å². The van der Waals surface area contributed by atoms with Crippen molar-refractivity contribution in [2.24, 2.45) is 0 Å². The first-order valence-corrected chi connectivity index (χ1v) is 9.15. The van der Waals surface area contributed by atoms with Gasteiger partial charge in [0.2, 0.25) is 11.8 Å². The number of aromatic nitrogens is 3. The molecule has 0 bridgehead atoms. The molecule has 0 saturated heterocycles. The molecule has 0 aliphatic rings. The van der Waals surface area contributed by atoms with E-state index in [-0.39, 0.29) is 5.91 Å². The number of rotatable bonds is 5. The van der Waals surface area contributed by atoms with Gasteiger partial charge in [-0.1, -0.05) is 41.4 Å². The molecule has 4 rings (SSSR count). The molecule has 0 atom stereocenters. The van der Waals surface area contributed by atoms with Gasteiger partial charge in [-0.2, -0.15) is 9.67 Å².